The van der Waals surface area contributed by atoms with Crippen LogP contribution in [0.4, 0.5) is 5.69 Å². The van der Waals surface area contributed by atoms with Crippen LogP contribution in [0.5, 0.6) is 5.75 Å². The Labute approximate surface area is 218 Å². The average molecular weight is 512 g/mol. The molecule has 0 radical (unpaired) electrons. The number of anilines is 1. The molecule has 0 bridgehead atoms. The molecule has 2 heterocycles. The van der Waals surface area contributed by atoms with Crippen LogP contribution in [0.3, 0.4) is 0 Å². The van der Waals surface area contributed by atoms with Gasteiger partial charge in [0.05, 0.1) is 16.9 Å². The number of carbonyl (C=O) groups is 2. The average Bonchev–Trinajstić information content (AvgIpc) is 3.62. The molecule has 1 unspecified atom stereocenters. The zero-order chi connectivity index (χ0) is 27.1. The van der Waals surface area contributed by atoms with Crippen molar-refractivity contribution in [2.24, 2.45) is 0 Å². The van der Waals surface area contributed by atoms with Crippen molar-refractivity contribution < 1.29 is 14.3 Å². The first-order chi connectivity index (χ1) is 17.3. The summed E-state index contributed by atoms with van der Waals surface area (Å²) in [5.74, 6) is 0.628. The van der Waals surface area contributed by atoms with Gasteiger partial charge in [0.15, 0.2) is 6.29 Å². The number of amides is 1. The predicted molar refractivity (Wildman–Crippen MR) is 149 cm³/mol. The Morgan fingerprint density at radius 3 is 2.53 bits per heavy atom. The van der Waals surface area contributed by atoms with E-state index in [0.29, 0.717) is 15.8 Å². The standard InChI is InChI=1S/C15H15NO3S.C10H16N4.C2H6/c1-10-8-11(19-3)4-6-13(10)16(2)15(18)14-7-5-12(9-17)20-14;1-4-10(11-3)6-5-9(2)14-8-12-7-13-14;1-2/h4-9H,1-3H3;4-5,7-8,10-11H,1,6H2,2-3H3;1-2H3/b;9-5+;. The van der Waals surface area contributed by atoms with E-state index in [2.05, 4.69) is 28.1 Å². The van der Waals surface area contributed by atoms with Crippen LogP contribution in [0.1, 0.15) is 52.1 Å². The van der Waals surface area contributed by atoms with E-state index < -0.39 is 0 Å². The third kappa shape index (κ3) is 8.90. The van der Waals surface area contributed by atoms with E-state index in [9.17, 15) is 9.59 Å². The lowest BCUT2D eigenvalue weighted by Gasteiger charge is -2.19. The van der Waals surface area contributed by atoms with Crippen LogP contribution in [0.15, 0.2) is 61.7 Å². The molecule has 36 heavy (non-hydrogen) atoms. The zero-order valence-corrected chi connectivity index (χ0v) is 23.0. The summed E-state index contributed by atoms with van der Waals surface area (Å²) in [4.78, 5) is 29.6. The molecule has 1 N–H and O–H groups in total. The molecular formula is C27H37N5O3S. The minimum atomic E-state index is -0.128. The van der Waals surface area contributed by atoms with Crippen molar-refractivity contribution >= 4 is 34.9 Å². The summed E-state index contributed by atoms with van der Waals surface area (Å²) in [6.07, 6.45) is 8.88. The van der Waals surface area contributed by atoms with Crippen molar-refractivity contribution in [2.75, 3.05) is 26.1 Å². The quantitative estimate of drug-likeness (QED) is 0.302. The Balaban J connectivity index is 0.000000356. The number of benzene rings is 1. The van der Waals surface area contributed by atoms with Gasteiger partial charge in [-0.05, 0) is 63.2 Å². The minimum absolute atomic E-state index is 0.128. The zero-order valence-electron chi connectivity index (χ0n) is 22.2. The van der Waals surface area contributed by atoms with E-state index in [0.717, 1.165) is 35.4 Å². The number of aromatic nitrogens is 3. The highest BCUT2D eigenvalue weighted by Crippen LogP contribution is 2.26. The Morgan fingerprint density at radius 2 is 2.03 bits per heavy atom. The Hall–Kier alpha value is -3.56. The summed E-state index contributed by atoms with van der Waals surface area (Å²) in [5, 5.41) is 7.18. The van der Waals surface area contributed by atoms with Gasteiger partial charge >= 0.3 is 0 Å². The number of likely N-dealkylation sites (N-methyl/N-ethyl adjacent to an activating group) is 1. The third-order valence-electron chi connectivity index (χ3n) is 5.13. The van der Waals surface area contributed by atoms with Crippen LogP contribution >= 0.6 is 11.3 Å². The van der Waals surface area contributed by atoms with E-state index >= 15 is 0 Å². The molecule has 2 aromatic heterocycles. The first-order valence-corrected chi connectivity index (χ1v) is 12.5. The molecule has 0 spiro atoms. The van der Waals surface area contributed by atoms with Gasteiger partial charge in [-0.3, -0.25) is 9.59 Å². The summed E-state index contributed by atoms with van der Waals surface area (Å²) >= 11 is 1.19. The summed E-state index contributed by atoms with van der Waals surface area (Å²) in [7, 11) is 5.25. The SMILES string of the molecule is C=CC(C/C=C(\C)n1cncn1)NC.CC.COc1ccc(N(C)C(=O)c2ccc(C=O)s2)c(C)c1. The number of nitrogens with one attached hydrogen (secondary N) is 1. The maximum Gasteiger partial charge on any atom is 0.268 e. The molecule has 0 aliphatic carbocycles. The lowest BCUT2D eigenvalue weighted by molar-refractivity contribution is 0.0996. The maximum absolute atomic E-state index is 12.4. The number of aryl methyl sites for hydroxylation is 1. The molecule has 0 aliphatic rings. The summed E-state index contributed by atoms with van der Waals surface area (Å²) in [6, 6.07) is 9.18. The number of aldehydes is 1. The molecule has 1 amide bonds. The van der Waals surface area contributed by atoms with Crippen LogP contribution in [0.2, 0.25) is 0 Å². The lowest BCUT2D eigenvalue weighted by Crippen LogP contribution is -2.26. The number of thiophene rings is 1. The van der Waals surface area contributed by atoms with Crippen molar-refractivity contribution in [1.29, 1.82) is 0 Å². The summed E-state index contributed by atoms with van der Waals surface area (Å²) in [6.45, 7) is 11.7. The van der Waals surface area contributed by atoms with Gasteiger partial charge in [0.1, 0.15) is 18.4 Å². The highest BCUT2D eigenvalue weighted by molar-refractivity contribution is 7.15. The second-order valence-corrected chi connectivity index (χ2v) is 8.50. The molecule has 0 saturated heterocycles. The van der Waals surface area contributed by atoms with E-state index in [1.54, 1.807) is 42.2 Å². The number of methoxy groups -OCH3 is 1. The maximum atomic E-state index is 12.4. The normalized spacial score (nSPS) is 11.2. The van der Waals surface area contributed by atoms with Gasteiger partial charge in [-0.2, -0.15) is 5.10 Å². The van der Waals surface area contributed by atoms with Gasteiger partial charge in [-0.25, -0.2) is 9.67 Å². The van der Waals surface area contributed by atoms with Gasteiger partial charge in [-0.15, -0.1) is 17.9 Å². The van der Waals surface area contributed by atoms with Gasteiger partial charge in [0, 0.05) is 24.5 Å². The van der Waals surface area contributed by atoms with Gasteiger partial charge in [-0.1, -0.05) is 26.0 Å². The first kappa shape index (κ1) is 30.5. The molecule has 8 nitrogen and oxygen atoms in total. The summed E-state index contributed by atoms with van der Waals surface area (Å²) in [5.41, 5.74) is 2.84. The fourth-order valence-corrected chi connectivity index (χ4v) is 3.85. The van der Waals surface area contributed by atoms with E-state index in [1.165, 1.54) is 17.7 Å². The fourth-order valence-electron chi connectivity index (χ4n) is 3.05. The molecule has 194 valence electrons. The van der Waals surface area contributed by atoms with Crippen molar-refractivity contribution in [3.63, 3.8) is 0 Å². The smallest absolute Gasteiger partial charge is 0.268 e. The van der Waals surface area contributed by atoms with Crippen LogP contribution < -0.4 is 15.0 Å². The number of rotatable bonds is 9. The Morgan fingerprint density at radius 1 is 1.31 bits per heavy atom. The second-order valence-electron chi connectivity index (χ2n) is 7.39. The van der Waals surface area contributed by atoms with Gasteiger partial charge in [0.2, 0.25) is 0 Å². The van der Waals surface area contributed by atoms with Crippen LogP contribution in [-0.2, 0) is 0 Å². The molecule has 3 aromatic rings. The fraction of sp³-hybridized carbons (Fsp3) is 0.333. The topological polar surface area (TPSA) is 89.3 Å². The molecule has 1 aromatic carbocycles. The van der Waals surface area contributed by atoms with Crippen molar-refractivity contribution in [1.82, 2.24) is 20.1 Å². The second kappa shape index (κ2) is 16.2. The van der Waals surface area contributed by atoms with E-state index in [1.807, 2.05) is 59.0 Å². The Bertz CT molecular complexity index is 1120. The molecule has 3 rings (SSSR count). The Kier molecular flexibility index (Phi) is 13.7. The number of hydrogen-bond acceptors (Lipinski definition) is 7. The van der Waals surface area contributed by atoms with Gasteiger partial charge in [0.25, 0.3) is 5.91 Å². The highest BCUT2D eigenvalue weighted by atomic mass is 32.1. The van der Waals surface area contributed by atoms with E-state index in [-0.39, 0.29) is 5.91 Å². The number of hydrogen-bond donors (Lipinski definition) is 1. The molecule has 0 saturated carbocycles. The molecule has 0 aliphatic heterocycles. The van der Waals surface area contributed by atoms with Crippen molar-refractivity contribution in [3.05, 3.63) is 77.0 Å². The minimum Gasteiger partial charge on any atom is -0.497 e. The molecule has 0 fully saturated rings. The number of ether oxygens (including phenoxy) is 1. The molecular weight excluding hydrogens is 474 g/mol. The number of allylic oxidation sites excluding steroid dienone is 1. The lowest BCUT2D eigenvalue weighted by atomic mass is 10.1. The largest absolute Gasteiger partial charge is 0.497 e. The molecule has 1 atom stereocenters. The van der Waals surface area contributed by atoms with Crippen LogP contribution in [-0.4, -0.2) is 54.2 Å². The van der Waals surface area contributed by atoms with E-state index in [4.69, 9.17) is 4.74 Å². The number of nitrogens with zero attached hydrogens (tertiary/aromatic N) is 4. The van der Waals surface area contributed by atoms with Crippen molar-refractivity contribution in [3.8, 4) is 5.75 Å². The monoisotopic (exact) mass is 511 g/mol. The van der Waals surface area contributed by atoms with Gasteiger partial charge < -0.3 is 15.0 Å². The highest BCUT2D eigenvalue weighted by Gasteiger charge is 2.17. The third-order valence-corrected chi connectivity index (χ3v) is 6.12. The summed E-state index contributed by atoms with van der Waals surface area (Å²) < 4.78 is 6.90. The molecule has 9 heteroatoms. The van der Waals surface area contributed by atoms with Crippen LogP contribution in [0, 0.1) is 6.92 Å². The van der Waals surface area contributed by atoms with Crippen molar-refractivity contribution in [2.45, 2.75) is 40.2 Å². The first-order valence-electron chi connectivity index (χ1n) is 11.6. The predicted octanol–water partition coefficient (Wildman–Crippen LogP) is 5.48. The van der Waals surface area contributed by atoms with Crippen LogP contribution in [0.25, 0.3) is 5.70 Å². The number of carbonyl (C=O) groups excluding carboxylic acids is 2.